The smallest absolute Gasteiger partial charge is 0.252 e. The third-order valence-electron chi connectivity index (χ3n) is 3.17. The summed E-state index contributed by atoms with van der Waals surface area (Å²) in [7, 11) is -4.19. The Morgan fingerprint density at radius 3 is 2.30 bits per heavy atom. The first-order valence-corrected chi connectivity index (χ1v) is 7.91. The lowest BCUT2D eigenvalue weighted by Gasteiger charge is -2.09. The van der Waals surface area contributed by atoms with Gasteiger partial charge in [0.2, 0.25) is 9.84 Å². The number of alkyl halides is 3. The van der Waals surface area contributed by atoms with Crippen molar-refractivity contribution in [1.29, 1.82) is 0 Å². The Morgan fingerprint density at radius 1 is 0.913 bits per heavy atom. The molecule has 0 amide bonds. The molecule has 4 nitrogen and oxygen atoms in total. The van der Waals surface area contributed by atoms with Crippen molar-refractivity contribution >= 4 is 20.9 Å². The van der Waals surface area contributed by atoms with Crippen molar-refractivity contribution in [3.05, 3.63) is 60.3 Å². The van der Waals surface area contributed by atoms with Crippen molar-refractivity contribution in [2.75, 3.05) is 0 Å². The minimum atomic E-state index is -4.62. The first kappa shape index (κ1) is 15.4. The second kappa shape index (κ2) is 5.31. The Bertz CT molecular complexity index is 985. The fraction of sp³-hybridized carbons (Fsp3) is 0.0667. The molecule has 0 unspecified atom stereocenters. The van der Waals surface area contributed by atoms with Crippen LogP contribution >= 0.6 is 0 Å². The minimum Gasteiger partial charge on any atom is -0.252 e. The van der Waals surface area contributed by atoms with Gasteiger partial charge in [-0.2, -0.15) is 13.2 Å². The first-order valence-electron chi connectivity index (χ1n) is 6.42. The summed E-state index contributed by atoms with van der Waals surface area (Å²) in [6.07, 6.45) is -3.58. The molecule has 23 heavy (non-hydrogen) atoms. The normalized spacial score (nSPS) is 12.5. The van der Waals surface area contributed by atoms with Crippen molar-refractivity contribution in [2.45, 2.75) is 16.1 Å². The lowest BCUT2D eigenvalue weighted by molar-refractivity contribution is -0.137. The van der Waals surface area contributed by atoms with Crippen molar-refractivity contribution in [3.8, 4) is 0 Å². The maximum atomic E-state index is 12.7. The van der Waals surface area contributed by atoms with Gasteiger partial charge in [0.15, 0.2) is 5.03 Å². The molecule has 0 bridgehead atoms. The fourth-order valence-corrected chi connectivity index (χ4v) is 3.22. The molecular weight excluding hydrogens is 329 g/mol. The van der Waals surface area contributed by atoms with E-state index in [9.17, 15) is 21.6 Å². The number of hydrogen-bond donors (Lipinski definition) is 0. The molecule has 0 aliphatic rings. The Labute approximate surface area is 129 Å². The van der Waals surface area contributed by atoms with Gasteiger partial charge in [-0.1, -0.05) is 18.2 Å². The topological polar surface area (TPSA) is 59.9 Å². The molecule has 0 fully saturated rings. The second-order valence-electron chi connectivity index (χ2n) is 4.73. The number of para-hydroxylation sites is 2. The summed E-state index contributed by atoms with van der Waals surface area (Å²) in [6, 6.07) is 10.2. The number of aromatic nitrogens is 2. The van der Waals surface area contributed by atoms with Crippen LogP contribution in [0.1, 0.15) is 5.56 Å². The highest BCUT2D eigenvalue weighted by Crippen LogP contribution is 2.31. The molecule has 0 radical (unpaired) electrons. The van der Waals surface area contributed by atoms with Gasteiger partial charge in [-0.05, 0) is 30.3 Å². The van der Waals surface area contributed by atoms with Crippen molar-refractivity contribution < 1.29 is 21.6 Å². The maximum absolute atomic E-state index is 12.7. The van der Waals surface area contributed by atoms with Crippen LogP contribution in [0.3, 0.4) is 0 Å². The molecule has 0 spiro atoms. The van der Waals surface area contributed by atoms with E-state index in [1.165, 1.54) is 0 Å². The summed E-state index contributed by atoms with van der Waals surface area (Å²) in [4.78, 5) is 7.49. The van der Waals surface area contributed by atoms with E-state index in [1.807, 2.05) is 0 Å². The van der Waals surface area contributed by atoms with E-state index < -0.39 is 31.5 Å². The average Bonchev–Trinajstić information content (AvgIpc) is 2.53. The number of hydrogen-bond acceptors (Lipinski definition) is 4. The number of rotatable bonds is 2. The number of benzene rings is 2. The Morgan fingerprint density at radius 2 is 1.61 bits per heavy atom. The standard InChI is InChI=1S/C15H9F3N2O2S/c16-15(17,18)10-4-3-5-11(8-10)23(21,22)14-9-19-12-6-1-2-7-13(12)20-14/h1-9H. The summed E-state index contributed by atoms with van der Waals surface area (Å²) in [5, 5.41) is -0.393. The van der Waals surface area contributed by atoms with E-state index in [0.717, 1.165) is 24.4 Å². The summed E-state index contributed by atoms with van der Waals surface area (Å²) in [5.74, 6) is 0. The number of halogens is 3. The van der Waals surface area contributed by atoms with Crippen molar-refractivity contribution in [2.24, 2.45) is 0 Å². The highest BCUT2D eigenvalue weighted by Gasteiger charge is 2.32. The zero-order valence-corrected chi connectivity index (χ0v) is 12.3. The Kier molecular flexibility index (Phi) is 3.56. The van der Waals surface area contributed by atoms with Gasteiger partial charge in [0.1, 0.15) is 0 Å². The van der Waals surface area contributed by atoms with Gasteiger partial charge < -0.3 is 0 Å². The Balaban J connectivity index is 2.13. The van der Waals surface area contributed by atoms with Gasteiger partial charge in [0.25, 0.3) is 0 Å². The quantitative estimate of drug-likeness (QED) is 0.718. The third-order valence-corrected chi connectivity index (χ3v) is 4.80. The van der Waals surface area contributed by atoms with E-state index >= 15 is 0 Å². The van der Waals surface area contributed by atoms with Crippen LogP contribution in [0.25, 0.3) is 11.0 Å². The van der Waals surface area contributed by atoms with E-state index in [0.29, 0.717) is 17.1 Å². The van der Waals surface area contributed by atoms with Gasteiger partial charge in [0.05, 0.1) is 27.7 Å². The van der Waals surface area contributed by atoms with Crippen LogP contribution in [0, 0.1) is 0 Å². The first-order chi connectivity index (χ1) is 10.8. The number of nitrogens with zero attached hydrogens (tertiary/aromatic N) is 2. The zero-order valence-electron chi connectivity index (χ0n) is 11.4. The summed E-state index contributed by atoms with van der Waals surface area (Å²) in [6.45, 7) is 0. The minimum absolute atomic E-state index is 0.348. The van der Waals surface area contributed by atoms with Crippen molar-refractivity contribution in [1.82, 2.24) is 9.97 Å². The fourth-order valence-electron chi connectivity index (χ4n) is 2.03. The van der Waals surface area contributed by atoms with Gasteiger partial charge in [0, 0.05) is 0 Å². The van der Waals surface area contributed by atoms with Gasteiger partial charge in [-0.25, -0.2) is 13.4 Å². The van der Waals surface area contributed by atoms with E-state index in [4.69, 9.17) is 0 Å². The molecule has 0 N–H and O–H groups in total. The van der Waals surface area contributed by atoms with E-state index in [1.54, 1.807) is 24.3 Å². The van der Waals surface area contributed by atoms with Crippen LogP contribution in [0.5, 0.6) is 0 Å². The van der Waals surface area contributed by atoms with Crippen LogP contribution in [-0.2, 0) is 16.0 Å². The molecule has 0 atom stereocenters. The average molecular weight is 338 g/mol. The summed E-state index contributed by atoms with van der Waals surface area (Å²) < 4.78 is 63.2. The van der Waals surface area contributed by atoms with Gasteiger partial charge in [-0.15, -0.1) is 0 Å². The van der Waals surface area contributed by atoms with Crippen LogP contribution in [-0.4, -0.2) is 18.4 Å². The van der Waals surface area contributed by atoms with E-state index in [-0.39, 0.29) is 0 Å². The van der Waals surface area contributed by atoms with E-state index in [2.05, 4.69) is 9.97 Å². The third kappa shape index (κ3) is 2.89. The molecule has 3 rings (SSSR count). The second-order valence-corrected chi connectivity index (χ2v) is 6.62. The number of sulfone groups is 1. The summed E-state index contributed by atoms with van der Waals surface area (Å²) >= 11 is 0. The molecule has 0 aliphatic carbocycles. The predicted molar refractivity (Wildman–Crippen MR) is 76.4 cm³/mol. The molecule has 3 aromatic rings. The zero-order chi connectivity index (χ0) is 16.7. The van der Waals surface area contributed by atoms with Crippen LogP contribution < -0.4 is 0 Å². The molecule has 1 heterocycles. The molecular formula is C15H9F3N2O2S. The molecule has 0 saturated carbocycles. The lowest BCUT2D eigenvalue weighted by Crippen LogP contribution is -2.09. The monoisotopic (exact) mass is 338 g/mol. The van der Waals surface area contributed by atoms with Crippen LogP contribution in [0.2, 0.25) is 0 Å². The summed E-state index contributed by atoms with van der Waals surface area (Å²) in [5.41, 5.74) is -0.191. The molecule has 2 aromatic carbocycles. The molecule has 118 valence electrons. The Hall–Kier alpha value is -2.48. The predicted octanol–water partition coefficient (Wildman–Crippen LogP) is 3.48. The van der Waals surface area contributed by atoms with Crippen LogP contribution in [0.4, 0.5) is 13.2 Å². The SMILES string of the molecule is O=S(=O)(c1cccc(C(F)(F)F)c1)c1cnc2ccccc2n1. The molecule has 0 aliphatic heterocycles. The van der Waals surface area contributed by atoms with Gasteiger partial charge >= 0.3 is 6.18 Å². The highest BCUT2D eigenvalue weighted by molar-refractivity contribution is 7.91. The van der Waals surface area contributed by atoms with Gasteiger partial charge in [-0.3, -0.25) is 4.98 Å². The number of fused-ring (bicyclic) bond motifs is 1. The van der Waals surface area contributed by atoms with Crippen LogP contribution in [0.15, 0.2) is 64.6 Å². The lowest BCUT2D eigenvalue weighted by atomic mass is 10.2. The highest BCUT2D eigenvalue weighted by atomic mass is 32.2. The van der Waals surface area contributed by atoms with Crippen molar-refractivity contribution in [3.63, 3.8) is 0 Å². The maximum Gasteiger partial charge on any atom is 0.416 e. The molecule has 8 heteroatoms. The largest absolute Gasteiger partial charge is 0.416 e. The molecule has 0 saturated heterocycles. The molecule has 1 aromatic heterocycles.